The summed E-state index contributed by atoms with van der Waals surface area (Å²) in [5.41, 5.74) is 7.42. The molecule has 0 saturated carbocycles. The molecule has 1 atom stereocenters. The van der Waals surface area contributed by atoms with E-state index in [0.29, 0.717) is 16.3 Å². The van der Waals surface area contributed by atoms with Crippen LogP contribution in [0.5, 0.6) is 0 Å². The minimum atomic E-state index is -1.03. The molecule has 0 spiro atoms. The number of nitrogen functional groups attached to an aromatic ring is 1. The van der Waals surface area contributed by atoms with Gasteiger partial charge in [0.2, 0.25) is 0 Å². The molecule has 0 aliphatic rings. The maximum atomic E-state index is 10.3. The molecule has 0 bridgehead atoms. The van der Waals surface area contributed by atoms with E-state index in [2.05, 4.69) is 9.97 Å². The Morgan fingerprint density at radius 1 is 1.22 bits per heavy atom. The number of rotatable bonds is 2. The standard InChI is InChI=1S/C12H11Cl2N3O/c1-6-2-8(12(15)17-4-6)11(18)10-9(14)3-7(13)5-16-10/h2-5,11,18H,1H3,(H2,15,17). The van der Waals surface area contributed by atoms with Gasteiger partial charge in [0.1, 0.15) is 11.9 Å². The van der Waals surface area contributed by atoms with E-state index in [4.69, 9.17) is 28.9 Å². The van der Waals surface area contributed by atoms with Gasteiger partial charge in [-0.2, -0.15) is 0 Å². The van der Waals surface area contributed by atoms with Crippen LogP contribution >= 0.6 is 23.2 Å². The molecule has 0 saturated heterocycles. The molecule has 2 aromatic rings. The summed E-state index contributed by atoms with van der Waals surface area (Å²) in [6, 6.07) is 3.27. The first-order chi connectivity index (χ1) is 8.49. The van der Waals surface area contributed by atoms with Gasteiger partial charge in [-0.1, -0.05) is 23.2 Å². The second kappa shape index (κ2) is 5.10. The lowest BCUT2D eigenvalue weighted by Gasteiger charge is -2.14. The summed E-state index contributed by atoms with van der Waals surface area (Å²) < 4.78 is 0. The first-order valence-electron chi connectivity index (χ1n) is 5.20. The van der Waals surface area contributed by atoms with Gasteiger partial charge in [-0.15, -0.1) is 0 Å². The van der Waals surface area contributed by atoms with Gasteiger partial charge >= 0.3 is 0 Å². The predicted molar refractivity (Wildman–Crippen MR) is 71.7 cm³/mol. The van der Waals surface area contributed by atoms with Crippen LogP contribution in [0.15, 0.2) is 24.5 Å². The van der Waals surface area contributed by atoms with Crippen LogP contribution in [-0.4, -0.2) is 15.1 Å². The number of nitrogens with two attached hydrogens (primary N) is 1. The van der Waals surface area contributed by atoms with Crippen LogP contribution in [0, 0.1) is 6.92 Å². The quantitative estimate of drug-likeness (QED) is 0.889. The molecule has 0 radical (unpaired) electrons. The van der Waals surface area contributed by atoms with Gasteiger partial charge in [-0.3, -0.25) is 4.98 Å². The Bertz CT molecular complexity index is 590. The minimum Gasteiger partial charge on any atom is -0.383 e. The summed E-state index contributed by atoms with van der Waals surface area (Å²) in [6.07, 6.45) is 2.02. The third kappa shape index (κ3) is 2.56. The molecule has 0 fully saturated rings. The zero-order valence-electron chi connectivity index (χ0n) is 9.56. The van der Waals surface area contributed by atoms with Gasteiger partial charge < -0.3 is 10.8 Å². The number of halogens is 2. The van der Waals surface area contributed by atoms with Crippen LogP contribution in [0.4, 0.5) is 5.82 Å². The highest BCUT2D eigenvalue weighted by molar-refractivity contribution is 6.34. The predicted octanol–water partition coefficient (Wildman–Crippen LogP) is 2.76. The van der Waals surface area contributed by atoms with Crippen molar-refractivity contribution in [1.82, 2.24) is 9.97 Å². The lowest BCUT2D eigenvalue weighted by Crippen LogP contribution is -2.08. The molecule has 94 valence electrons. The van der Waals surface area contributed by atoms with Crippen LogP contribution in [0.2, 0.25) is 10.0 Å². The Hall–Kier alpha value is -1.36. The molecule has 18 heavy (non-hydrogen) atoms. The number of pyridine rings is 2. The van der Waals surface area contributed by atoms with E-state index in [1.807, 2.05) is 6.92 Å². The zero-order chi connectivity index (χ0) is 13.3. The number of hydrogen-bond donors (Lipinski definition) is 2. The average Bonchev–Trinajstić information content (AvgIpc) is 2.31. The van der Waals surface area contributed by atoms with E-state index in [1.54, 1.807) is 12.3 Å². The number of aliphatic hydroxyl groups excluding tert-OH is 1. The normalized spacial score (nSPS) is 12.4. The molecule has 3 N–H and O–H groups in total. The van der Waals surface area contributed by atoms with Crippen molar-refractivity contribution in [3.63, 3.8) is 0 Å². The molecule has 6 heteroatoms. The molecule has 2 rings (SSSR count). The van der Waals surface area contributed by atoms with Crippen molar-refractivity contribution in [2.24, 2.45) is 0 Å². The van der Waals surface area contributed by atoms with Crippen LogP contribution in [0.3, 0.4) is 0 Å². The topological polar surface area (TPSA) is 72.0 Å². The Morgan fingerprint density at radius 3 is 2.61 bits per heavy atom. The van der Waals surface area contributed by atoms with Crippen LogP contribution in [0.1, 0.15) is 22.9 Å². The highest BCUT2D eigenvalue weighted by Crippen LogP contribution is 2.30. The first kappa shape index (κ1) is 13.1. The van der Waals surface area contributed by atoms with Crippen molar-refractivity contribution in [3.05, 3.63) is 51.4 Å². The molecular weight excluding hydrogens is 273 g/mol. The van der Waals surface area contributed by atoms with E-state index in [1.165, 1.54) is 12.3 Å². The molecule has 1 unspecified atom stereocenters. The van der Waals surface area contributed by atoms with E-state index >= 15 is 0 Å². The highest BCUT2D eigenvalue weighted by atomic mass is 35.5. The molecule has 2 heterocycles. The minimum absolute atomic E-state index is 0.251. The van der Waals surface area contributed by atoms with Crippen LogP contribution in [0.25, 0.3) is 0 Å². The van der Waals surface area contributed by atoms with E-state index < -0.39 is 6.10 Å². The van der Waals surface area contributed by atoms with Crippen LogP contribution in [-0.2, 0) is 0 Å². The molecule has 0 amide bonds. The van der Waals surface area contributed by atoms with Crippen molar-refractivity contribution < 1.29 is 5.11 Å². The molecule has 4 nitrogen and oxygen atoms in total. The van der Waals surface area contributed by atoms with Crippen molar-refractivity contribution in [2.45, 2.75) is 13.0 Å². The second-order valence-electron chi connectivity index (χ2n) is 3.91. The van der Waals surface area contributed by atoms with Gasteiger partial charge in [0, 0.05) is 18.0 Å². The highest BCUT2D eigenvalue weighted by Gasteiger charge is 2.19. The van der Waals surface area contributed by atoms with Gasteiger partial charge in [0.15, 0.2) is 0 Å². The Kier molecular flexibility index (Phi) is 3.71. The summed E-state index contributed by atoms with van der Waals surface area (Å²) in [5.74, 6) is 0.251. The fourth-order valence-electron chi connectivity index (χ4n) is 1.60. The smallest absolute Gasteiger partial charge is 0.129 e. The van der Waals surface area contributed by atoms with Crippen molar-refractivity contribution in [2.75, 3.05) is 5.73 Å². The van der Waals surface area contributed by atoms with Gasteiger partial charge in [-0.25, -0.2) is 4.98 Å². The number of aromatic nitrogens is 2. The number of hydrogen-bond acceptors (Lipinski definition) is 4. The number of aryl methyl sites for hydroxylation is 1. The van der Waals surface area contributed by atoms with Crippen molar-refractivity contribution in [3.8, 4) is 0 Å². The molecular formula is C12H11Cl2N3O. The maximum Gasteiger partial charge on any atom is 0.129 e. The summed E-state index contributed by atoms with van der Waals surface area (Å²) >= 11 is 11.8. The van der Waals surface area contributed by atoms with Crippen molar-refractivity contribution in [1.29, 1.82) is 0 Å². The Labute approximate surface area is 114 Å². The summed E-state index contributed by atoms with van der Waals surface area (Å²) in [4.78, 5) is 8.02. The van der Waals surface area contributed by atoms with Crippen LogP contribution < -0.4 is 5.73 Å². The summed E-state index contributed by atoms with van der Waals surface area (Å²) in [5, 5.41) is 11.0. The molecule has 0 aliphatic heterocycles. The van der Waals surface area contributed by atoms with Crippen molar-refractivity contribution >= 4 is 29.0 Å². The van der Waals surface area contributed by atoms with Gasteiger partial charge in [0.25, 0.3) is 0 Å². The van der Waals surface area contributed by atoms with E-state index in [0.717, 1.165) is 5.56 Å². The fraction of sp³-hybridized carbons (Fsp3) is 0.167. The maximum absolute atomic E-state index is 10.3. The lowest BCUT2D eigenvalue weighted by molar-refractivity contribution is 0.216. The number of nitrogens with zero attached hydrogens (tertiary/aromatic N) is 2. The van der Waals surface area contributed by atoms with E-state index in [9.17, 15) is 5.11 Å². The van der Waals surface area contributed by atoms with E-state index in [-0.39, 0.29) is 10.8 Å². The fourth-order valence-corrected chi connectivity index (χ4v) is 2.08. The summed E-state index contributed by atoms with van der Waals surface area (Å²) in [7, 11) is 0. The monoisotopic (exact) mass is 283 g/mol. The van der Waals surface area contributed by atoms with Gasteiger partial charge in [-0.05, 0) is 24.6 Å². The molecule has 0 aromatic carbocycles. The first-order valence-corrected chi connectivity index (χ1v) is 5.95. The third-order valence-electron chi connectivity index (χ3n) is 2.48. The third-order valence-corrected chi connectivity index (χ3v) is 2.99. The molecule has 2 aromatic heterocycles. The average molecular weight is 284 g/mol. The second-order valence-corrected chi connectivity index (χ2v) is 4.75. The Morgan fingerprint density at radius 2 is 1.94 bits per heavy atom. The SMILES string of the molecule is Cc1cnc(N)c(C(O)c2ncc(Cl)cc2Cl)c1. The summed E-state index contributed by atoms with van der Waals surface area (Å²) in [6.45, 7) is 1.86. The zero-order valence-corrected chi connectivity index (χ0v) is 11.1. The lowest BCUT2D eigenvalue weighted by atomic mass is 10.1. The Balaban J connectivity index is 2.47. The number of anilines is 1. The van der Waals surface area contributed by atoms with Gasteiger partial charge in [0.05, 0.1) is 15.7 Å². The largest absolute Gasteiger partial charge is 0.383 e. The molecule has 0 aliphatic carbocycles. The number of aliphatic hydroxyl groups is 1.